The molecule has 1 aromatic heterocycles. The third-order valence-electron chi connectivity index (χ3n) is 7.89. The van der Waals surface area contributed by atoms with Gasteiger partial charge in [-0.2, -0.15) is 13.2 Å². The first kappa shape index (κ1) is 30.3. The smallest absolute Gasteiger partial charge is 0.416 e. The Morgan fingerprint density at radius 1 is 0.977 bits per heavy atom. The normalized spacial score (nSPS) is 20.3. The number of pyridine rings is 1. The number of rotatable bonds is 6. The summed E-state index contributed by atoms with van der Waals surface area (Å²) in [4.78, 5) is 46.6. The summed E-state index contributed by atoms with van der Waals surface area (Å²) in [6.07, 6.45) is -1.76. The van der Waals surface area contributed by atoms with Crippen molar-refractivity contribution < 1.29 is 41.8 Å². The van der Waals surface area contributed by atoms with E-state index in [1.807, 2.05) is 0 Å². The van der Waals surface area contributed by atoms with Gasteiger partial charge in [0.25, 0.3) is 0 Å². The Labute approximate surface area is 250 Å². The largest absolute Gasteiger partial charge is 0.497 e. The Morgan fingerprint density at radius 3 is 2.30 bits per heavy atom. The summed E-state index contributed by atoms with van der Waals surface area (Å²) >= 11 is 0. The monoisotopic (exact) mass is 607 g/mol. The van der Waals surface area contributed by atoms with E-state index in [0.717, 1.165) is 26.4 Å². The molecule has 0 bridgehead atoms. The number of esters is 2. The van der Waals surface area contributed by atoms with Gasteiger partial charge in [0.1, 0.15) is 17.5 Å². The predicted octanol–water partition coefficient (Wildman–Crippen LogP) is 4.86. The number of hydrogen-bond donors (Lipinski definition) is 1. The van der Waals surface area contributed by atoms with Crippen molar-refractivity contribution in [2.75, 3.05) is 26.2 Å². The molecule has 0 radical (unpaired) electrons. The van der Waals surface area contributed by atoms with Crippen LogP contribution in [0.2, 0.25) is 0 Å². The van der Waals surface area contributed by atoms with Gasteiger partial charge in [-0.15, -0.1) is 0 Å². The van der Waals surface area contributed by atoms with Gasteiger partial charge < -0.3 is 19.9 Å². The summed E-state index contributed by atoms with van der Waals surface area (Å²) in [5, 5.41) is 0. The van der Waals surface area contributed by atoms with Gasteiger partial charge in [-0.1, -0.05) is 24.3 Å². The number of nitrogens with zero attached hydrogens (tertiary/aromatic N) is 2. The van der Waals surface area contributed by atoms with E-state index in [4.69, 9.17) is 19.9 Å². The maximum atomic E-state index is 14.6. The number of hydrogen-bond acceptors (Lipinski definition) is 9. The Kier molecular flexibility index (Phi) is 8.18. The minimum atomic E-state index is -4.69. The Bertz CT molecular complexity index is 1670. The van der Waals surface area contributed by atoms with Crippen LogP contribution in [-0.4, -0.2) is 44.0 Å². The first-order valence-electron chi connectivity index (χ1n) is 13.5. The van der Waals surface area contributed by atoms with Crippen molar-refractivity contribution in [1.29, 1.82) is 0 Å². The predicted molar refractivity (Wildman–Crippen MR) is 152 cm³/mol. The van der Waals surface area contributed by atoms with Crippen LogP contribution in [0, 0.1) is 5.92 Å². The van der Waals surface area contributed by atoms with Crippen LogP contribution in [0.15, 0.2) is 95.7 Å². The van der Waals surface area contributed by atoms with Crippen molar-refractivity contribution in [3.8, 4) is 5.75 Å². The second kappa shape index (κ2) is 11.9. The van der Waals surface area contributed by atoms with E-state index in [1.165, 1.54) is 36.5 Å². The van der Waals surface area contributed by atoms with E-state index in [2.05, 4.69) is 4.98 Å². The lowest BCUT2D eigenvalue weighted by atomic mass is 9.67. The number of methoxy groups -OCH3 is 3. The van der Waals surface area contributed by atoms with Crippen LogP contribution in [-0.2, 0) is 30.0 Å². The lowest BCUT2D eigenvalue weighted by Crippen LogP contribution is -2.46. The lowest BCUT2D eigenvalue weighted by Gasteiger charge is -2.44. The number of halogens is 3. The molecule has 2 heterocycles. The summed E-state index contributed by atoms with van der Waals surface area (Å²) in [6, 6.07) is 14.4. The summed E-state index contributed by atoms with van der Waals surface area (Å²) < 4.78 is 56.9. The fourth-order valence-corrected chi connectivity index (χ4v) is 5.90. The minimum absolute atomic E-state index is 0.00479. The topological polar surface area (TPSA) is 121 Å². The molecule has 44 heavy (non-hydrogen) atoms. The van der Waals surface area contributed by atoms with Crippen molar-refractivity contribution in [1.82, 2.24) is 4.98 Å². The Hall–Kier alpha value is -5.13. The number of benzene rings is 2. The van der Waals surface area contributed by atoms with Crippen LogP contribution in [0.4, 0.5) is 18.9 Å². The maximum absolute atomic E-state index is 14.6. The molecule has 9 nitrogen and oxygen atoms in total. The van der Waals surface area contributed by atoms with E-state index in [1.54, 1.807) is 36.4 Å². The van der Waals surface area contributed by atoms with E-state index < -0.39 is 47.2 Å². The first-order chi connectivity index (χ1) is 21.0. The fourth-order valence-electron chi connectivity index (χ4n) is 5.90. The molecule has 2 aliphatic rings. The highest BCUT2D eigenvalue weighted by Crippen LogP contribution is 2.51. The van der Waals surface area contributed by atoms with Gasteiger partial charge in [-0.25, -0.2) is 4.79 Å². The molecule has 1 aliphatic carbocycles. The van der Waals surface area contributed by atoms with Crippen LogP contribution in [0.5, 0.6) is 5.75 Å². The zero-order valence-electron chi connectivity index (χ0n) is 23.9. The summed E-state index contributed by atoms with van der Waals surface area (Å²) in [7, 11) is 3.78. The molecule has 1 aliphatic heterocycles. The number of nitrogens with two attached hydrogens (primary N) is 1. The summed E-state index contributed by atoms with van der Waals surface area (Å²) in [6.45, 7) is 0. The molecule has 3 aromatic rings. The summed E-state index contributed by atoms with van der Waals surface area (Å²) in [5.41, 5.74) is 6.71. The SMILES string of the molecule is COC(=O)C1=C(N)N(c2cccc(C(F)(F)F)c2)C2=C(C(=O)[C@H](C(=O)OC)[C@@H](c3ccc(OC)cc3)C2)[C@H]1c1cccnc1. The molecule has 0 amide bonds. The number of alkyl halides is 3. The molecule has 2 N–H and O–H groups in total. The van der Waals surface area contributed by atoms with Crippen LogP contribution >= 0.6 is 0 Å². The summed E-state index contributed by atoms with van der Waals surface area (Å²) in [5.74, 6) is -5.33. The third kappa shape index (κ3) is 5.27. The second-order valence-electron chi connectivity index (χ2n) is 10.2. The lowest BCUT2D eigenvalue weighted by molar-refractivity contribution is -0.150. The average molecular weight is 608 g/mol. The van der Waals surface area contributed by atoms with Gasteiger partial charge in [0.2, 0.25) is 0 Å². The standard InChI is InChI=1S/C32H28F3N3O6/c1-42-21-11-9-17(10-12-21)22-15-23-26(28(39)25(22)30(40)43-2)24(18-6-5-13-37-16-18)27(31(41)44-3)29(36)38(23)20-8-4-7-19(14-20)32(33,34)35/h4-14,16,22,24-25H,15,36H2,1-3H3/t22-,24-,25-/m1/s1. The van der Waals surface area contributed by atoms with E-state index in [9.17, 15) is 27.6 Å². The molecular formula is C32H28F3N3O6. The van der Waals surface area contributed by atoms with Gasteiger partial charge >= 0.3 is 18.1 Å². The molecular weight excluding hydrogens is 579 g/mol. The highest BCUT2D eigenvalue weighted by atomic mass is 19.4. The van der Waals surface area contributed by atoms with Crippen molar-refractivity contribution in [2.45, 2.75) is 24.4 Å². The van der Waals surface area contributed by atoms with Crippen LogP contribution in [0.3, 0.4) is 0 Å². The second-order valence-corrected chi connectivity index (χ2v) is 10.2. The molecule has 0 spiro atoms. The molecule has 0 saturated heterocycles. The molecule has 5 rings (SSSR count). The third-order valence-corrected chi connectivity index (χ3v) is 7.89. The fraction of sp³-hybridized carbons (Fsp3) is 0.250. The Morgan fingerprint density at radius 2 is 1.70 bits per heavy atom. The number of anilines is 1. The van der Waals surface area contributed by atoms with E-state index in [0.29, 0.717) is 16.9 Å². The van der Waals surface area contributed by atoms with Gasteiger partial charge in [0.15, 0.2) is 5.78 Å². The highest BCUT2D eigenvalue weighted by molar-refractivity contribution is 6.14. The Balaban J connectivity index is 1.82. The van der Waals surface area contributed by atoms with Gasteiger partial charge in [0, 0.05) is 35.3 Å². The molecule has 2 aromatic carbocycles. The quantitative estimate of drug-likeness (QED) is 0.310. The van der Waals surface area contributed by atoms with Crippen LogP contribution < -0.4 is 15.4 Å². The van der Waals surface area contributed by atoms with Crippen molar-refractivity contribution in [3.63, 3.8) is 0 Å². The van der Waals surface area contributed by atoms with Gasteiger partial charge in [-0.05, 0) is 53.9 Å². The van der Waals surface area contributed by atoms with Crippen LogP contribution in [0.1, 0.15) is 34.9 Å². The number of aromatic nitrogens is 1. The van der Waals surface area contributed by atoms with E-state index >= 15 is 0 Å². The number of allylic oxidation sites excluding steroid dienone is 2. The average Bonchev–Trinajstić information content (AvgIpc) is 3.03. The van der Waals surface area contributed by atoms with Gasteiger partial charge in [-0.3, -0.25) is 19.5 Å². The first-order valence-corrected chi connectivity index (χ1v) is 13.5. The molecule has 228 valence electrons. The zero-order chi connectivity index (χ0) is 31.8. The molecule has 0 unspecified atom stereocenters. The molecule has 0 fully saturated rings. The van der Waals surface area contributed by atoms with Crippen LogP contribution in [0.25, 0.3) is 0 Å². The number of ketones is 1. The maximum Gasteiger partial charge on any atom is 0.416 e. The number of ether oxygens (including phenoxy) is 3. The number of carbonyl (C=O) groups excluding carboxylic acids is 3. The minimum Gasteiger partial charge on any atom is -0.497 e. The van der Waals surface area contributed by atoms with Gasteiger partial charge in [0.05, 0.1) is 38.4 Å². The van der Waals surface area contributed by atoms with E-state index in [-0.39, 0.29) is 34.8 Å². The van der Waals surface area contributed by atoms with Crippen molar-refractivity contribution in [2.24, 2.45) is 11.7 Å². The number of carbonyl (C=O) groups is 3. The molecule has 0 saturated carbocycles. The number of Topliss-reactive ketones (excluding diaryl/α,β-unsaturated/α-hetero) is 1. The van der Waals surface area contributed by atoms with Crippen molar-refractivity contribution in [3.05, 3.63) is 112 Å². The zero-order valence-corrected chi connectivity index (χ0v) is 23.9. The van der Waals surface area contributed by atoms with Crippen molar-refractivity contribution >= 4 is 23.4 Å². The molecule has 3 atom stereocenters. The highest BCUT2D eigenvalue weighted by Gasteiger charge is 2.51. The molecule has 12 heteroatoms.